The van der Waals surface area contributed by atoms with E-state index < -0.39 is 9.84 Å². The van der Waals surface area contributed by atoms with E-state index in [2.05, 4.69) is 9.80 Å². The maximum atomic E-state index is 11.7. The zero-order valence-electron chi connectivity index (χ0n) is 12.6. The minimum Gasteiger partial charge on any atom is -0.308 e. The second-order valence-electron chi connectivity index (χ2n) is 5.92. The first-order chi connectivity index (χ1) is 9.87. The van der Waals surface area contributed by atoms with E-state index in [0.717, 1.165) is 30.1 Å². The van der Waals surface area contributed by atoms with Crippen LogP contribution in [0.2, 0.25) is 5.02 Å². The molecule has 2 rings (SSSR count). The van der Waals surface area contributed by atoms with Crippen molar-refractivity contribution in [2.45, 2.75) is 19.0 Å². The van der Waals surface area contributed by atoms with Crippen LogP contribution in [0.25, 0.3) is 0 Å². The van der Waals surface area contributed by atoms with E-state index in [0.29, 0.717) is 12.3 Å². The second kappa shape index (κ2) is 7.09. The minimum atomic E-state index is -2.87. The molecule has 0 bridgehead atoms. The van der Waals surface area contributed by atoms with Crippen LogP contribution in [0.15, 0.2) is 24.3 Å². The van der Waals surface area contributed by atoms with Gasteiger partial charge in [0.2, 0.25) is 0 Å². The molecule has 1 aliphatic rings. The quantitative estimate of drug-likeness (QED) is 0.798. The van der Waals surface area contributed by atoms with Gasteiger partial charge < -0.3 is 4.90 Å². The number of rotatable bonds is 6. The van der Waals surface area contributed by atoms with E-state index in [1.165, 1.54) is 0 Å². The summed E-state index contributed by atoms with van der Waals surface area (Å²) in [6, 6.07) is 7.87. The Balaban J connectivity index is 2.11. The van der Waals surface area contributed by atoms with Crippen LogP contribution in [0.5, 0.6) is 0 Å². The van der Waals surface area contributed by atoms with Crippen LogP contribution < -0.4 is 0 Å². The Labute approximate surface area is 132 Å². The average Bonchev–Trinajstić information content (AvgIpc) is 2.76. The van der Waals surface area contributed by atoms with Crippen LogP contribution in [-0.4, -0.2) is 63.0 Å². The lowest BCUT2D eigenvalue weighted by atomic mass is 10.1. The fourth-order valence-electron chi connectivity index (χ4n) is 2.63. The van der Waals surface area contributed by atoms with Crippen LogP contribution in [-0.2, 0) is 16.4 Å². The molecule has 21 heavy (non-hydrogen) atoms. The fourth-order valence-corrected chi connectivity index (χ4v) is 4.59. The lowest BCUT2D eigenvalue weighted by Gasteiger charge is -2.29. The summed E-state index contributed by atoms with van der Waals surface area (Å²) in [5, 5.41) is 0.744. The summed E-state index contributed by atoms with van der Waals surface area (Å²) in [4.78, 5) is 4.37. The third-order valence-corrected chi connectivity index (χ3v) is 6.01. The van der Waals surface area contributed by atoms with Crippen LogP contribution in [0.3, 0.4) is 0 Å². The number of benzene rings is 1. The topological polar surface area (TPSA) is 40.6 Å². The average molecular weight is 331 g/mol. The van der Waals surface area contributed by atoms with Gasteiger partial charge >= 0.3 is 0 Å². The molecule has 1 fully saturated rings. The molecule has 0 amide bonds. The summed E-state index contributed by atoms with van der Waals surface area (Å²) in [5.74, 6) is 0.573. The normalized spacial score (nSPS) is 21.3. The van der Waals surface area contributed by atoms with Crippen molar-refractivity contribution in [1.82, 2.24) is 9.80 Å². The Morgan fingerprint density at radius 2 is 1.95 bits per heavy atom. The van der Waals surface area contributed by atoms with E-state index in [4.69, 9.17) is 11.6 Å². The SMILES string of the molecule is CN(C)CCN(Cc1ccccc1Cl)[C@H]1CCS(=O)(=O)C1. The molecule has 0 unspecified atom stereocenters. The smallest absolute Gasteiger partial charge is 0.151 e. The molecule has 4 nitrogen and oxygen atoms in total. The standard InChI is InChI=1S/C15H23ClN2O2S/c1-17(2)8-9-18(14-7-10-21(19,20)12-14)11-13-5-3-4-6-15(13)16/h3-6,14H,7-12H2,1-2H3/t14-/m0/s1. The van der Waals surface area contributed by atoms with E-state index >= 15 is 0 Å². The number of likely N-dealkylation sites (N-methyl/N-ethyl adjacent to an activating group) is 1. The molecular weight excluding hydrogens is 308 g/mol. The van der Waals surface area contributed by atoms with Gasteiger partial charge in [-0.15, -0.1) is 0 Å². The molecule has 0 N–H and O–H groups in total. The molecule has 0 aliphatic carbocycles. The van der Waals surface area contributed by atoms with Gasteiger partial charge in [0.15, 0.2) is 9.84 Å². The third-order valence-electron chi connectivity index (χ3n) is 3.89. The van der Waals surface area contributed by atoms with Gasteiger partial charge in [0.1, 0.15) is 0 Å². The number of hydrogen-bond donors (Lipinski definition) is 0. The number of nitrogens with zero attached hydrogens (tertiary/aromatic N) is 2. The van der Waals surface area contributed by atoms with Crippen LogP contribution in [0.1, 0.15) is 12.0 Å². The zero-order chi connectivity index (χ0) is 15.5. The fraction of sp³-hybridized carbons (Fsp3) is 0.600. The minimum absolute atomic E-state index is 0.103. The van der Waals surface area contributed by atoms with Crippen LogP contribution in [0.4, 0.5) is 0 Å². The lowest BCUT2D eigenvalue weighted by molar-refractivity contribution is 0.183. The van der Waals surface area contributed by atoms with Gasteiger partial charge in [-0.3, -0.25) is 4.90 Å². The van der Waals surface area contributed by atoms with Crippen molar-refractivity contribution in [2.24, 2.45) is 0 Å². The predicted molar refractivity (Wildman–Crippen MR) is 87.5 cm³/mol. The summed E-state index contributed by atoms with van der Waals surface area (Å²) >= 11 is 6.24. The van der Waals surface area contributed by atoms with Crippen molar-refractivity contribution in [1.29, 1.82) is 0 Å². The zero-order valence-corrected chi connectivity index (χ0v) is 14.2. The molecule has 118 valence electrons. The van der Waals surface area contributed by atoms with Crippen molar-refractivity contribution in [3.63, 3.8) is 0 Å². The Bertz CT molecular complexity index is 575. The molecule has 0 radical (unpaired) electrons. The van der Waals surface area contributed by atoms with E-state index in [9.17, 15) is 8.42 Å². The molecule has 1 aromatic carbocycles. The van der Waals surface area contributed by atoms with Gasteiger partial charge in [0, 0.05) is 30.7 Å². The van der Waals surface area contributed by atoms with Gasteiger partial charge in [0.05, 0.1) is 11.5 Å². The van der Waals surface area contributed by atoms with Crippen molar-refractivity contribution < 1.29 is 8.42 Å². The monoisotopic (exact) mass is 330 g/mol. The molecule has 0 saturated carbocycles. The van der Waals surface area contributed by atoms with E-state index in [1.807, 2.05) is 38.4 Å². The molecule has 1 saturated heterocycles. The molecule has 0 aromatic heterocycles. The number of halogens is 1. The highest BCUT2D eigenvalue weighted by Crippen LogP contribution is 2.23. The highest BCUT2D eigenvalue weighted by atomic mass is 35.5. The molecule has 1 aliphatic heterocycles. The first-order valence-corrected chi connectivity index (χ1v) is 9.40. The van der Waals surface area contributed by atoms with Crippen molar-refractivity contribution in [3.05, 3.63) is 34.9 Å². The highest BCUT2D eigenvalue weighted by molar-refractivity contribution is 7.91. The van der Waals surface area contributed by atoms with E-state index in [1.54, 1.807) is 0 Å². The van der Waals surface area contributed by atoms with Gasteiger partial charge in [-0.05, 0) is 32.1 Å². The predicted octanol–water partition coefficient (Wildman–Crippen LogP) is 1.89. The Morgan fingerprint density at radius 3 is 2.52 bits per heavy atom. The third kappa shape index (κ3) is 4.95. The lowest BCUT2D eigenvalue weighted by Crippen LogP contribution is -2.40. The first kappa shape index (κ1) is 16.7. The molecule has 1 heterocycles. The van der Waals surface area contributed by atoms with Gasteiger partial charge in [-0.25, -0.2) is 8.42 Å². The maximum absolute atomic E-state index is 11.7. The van der Waals surface area contributed by atoms with Gasteiger partial charge in [-0.2, -0.15) is 0 Å². The summed E-state index contributed by atoms with van der Waals surface area (Å²) < 4.78 is 23.5. The number of sulfone groups is 1. The van der Waals surface area contributed by atoms with Gasteiger partial charge in [-0.1, -0.05) is 29.8 Å². The second-order valence-corrected chi connectivity index (χ2v) is 8.56. The molecular formula is C15H23ClN2O2S. The van der Waals surface area contributed by atoms with Crippen molar-refractivity contribution >= 4 is 21.4 Å². The Hall–Kier alpha value is -0.620. The molecule has 1 atom stereocenters. The summed E-state index contributed by atoms with van der Waals surface area (Å²) in [5.41, 5.74) is 1.06. The number of hydrogen-bond acceptors (Lipinski definition) is 4. The van der Waals surface area contributed by atoms with Crippen molar-refractivity contribution in [3.8, 4) is 0 Å². The van der Waals surface area contributed by atoms with Crippen LogP contribution >= 0.6 is 11.6 Å². The molecule has 6 heteroatoms. The Kier molecular flexibility index (Phi) is 5.66. The summed E-state index contributed by atoms with van der Waals surface area (Å²) in [7, 11) is 1.18. The van der Waals surface area contributed by atoms with Gasteiger partial charge in [0.25, 0.3) is 0 Å². The molecule has 0 spiro atoms. The van der Waals surface area contributed by atoms with E-state index in [-0.39, 0.29) is 11.8 Å². The Morgan fingerprint density at radius 1 is 1.24 bits per heavy atom. The van der Waals surface area contributed by atoms with Crippen LogP contribution in [0, 0.1) is 0 Å². The van der Waals surface area contributed by atoms with Crippen molar-refractivity contribution in [2.75, 3.05) is 38.7 Å². The maximum Gasteiger partial charge on any atom is 0.151 e. The highest BCUT2D eigenvalue weighted by Gasteiger charge is 2.32. The first-order valence-electron chi connectivity index (χ1n) is 7.20. The summed E-state index contributed by atoms with van der Waals surface area (Å²) in [6.45, 7) is 2.45. The molecule has 1 aromatic rings. The largest absolute Gasteiger partial charge is 0.308 e. The summed E-state index contributed by atoms with van der Waals surface area (Å²) in [6.07, 6.45) is 0.722.